The van der Waals surface area contributed by atoms with Crippen LogP contribution in [0.3, 0.4) is 0 Å². The summed E-state index contributed by atoms with van der Waals surface area (Å²) in [4.78, 5) is 13.6. The number of halogens is 2. The maximum Gasteiger partial charge on any atom is 0.306 e. The van der Waals surface area contributed by atoms with Gasteiger partial charge in [0.1, 0.15) is 0 Å². The topological polar surface area (TPSA) is 40.5 Å². The van der Waals surface area contributed by atoms with Crippen LogP contribution in [0.25, 0.3) is 0 Å². The number of unbranched alkanes of at least 4 members (excludes halogenated alkanes) is 1. The maximum atomic E-state index is 11.2. The van der Waals surface area contributed by atoms with Gasteiger partial charge in [0.2, 0.25) is 0 Å². The number of carboxylic acids is 1. The molecule has 1 unspecified atom stereocenters. The zero-order valence-electron chi connectivity index (χ0n) is 13.1. The van der Waals surface area contributed by atoms with Gasteiger partial charge in [-0.15, -0.1) is 24.8 Å². The lowest BCUT2D eigenvalue weighted by atomic mass is 9.82. The van der Waals surface area contributed by atoms with Gasteiger partial charge >= 0.3 is 5.97 Å². The van der Waals surface area contributed by atoms with E-state index in [2.05, 4.69) is 25.7 Å². The predicted octanol–water partition coefficient (Wildman–Crippen LogP) is 4.23. The highest BCUT2D eigenvalue weighted by molar-refractivity contribution is 5.85. The molecule has 0 spiro atoms. The summed E-state index contributed by atoms with van der Waals surface area (Å²) in [7, 11) is 0. The molecule has 0 amide bonds. The van der Waals surface area contributed by atoms with Crippen molar-refractivity contribution in [3.05, 3.63) is 0 Å². The highest BCUT2D eigenvalue weighted by atomic mass is 35.5. The number of nitrogens with zero attached hydrogens (tertiary/aromatic N) is 1. The van der Waals surface area contributed by atoms with E-state index in [1.165, 1.54) is 12.8 Å². The second kappa shape index (κ2) is 10.7. The van der Waals surface area contributed by atoms with Crippen molar-refractivity contribution in [3.63, 3.8) is 0 Å². The molecule has 1 saturated heterocycles. The smallest absolute Gasteiger partial charge is 0.306 e. The Bertz CT molecular complexity index is 263. The minimum absolute atomic E-state index is 0. The zero-order valence-corrected chi connectivity index (χ0v) is 14.7. The van der Waals surface area contributed by atoms with Crippen molar-refractivity contribution in [2.75, 3.05) is 19.6 Å². The van der Waals surface area contributed by atoms with Crippen LogP contribution in [-0.2, 0) is 4.79 Å². The molecule has 0 aromatic heterocycles. The molecule has 20 heavy (non-hydrogen) atoms. The average Bonchev–Trinajstić information content (AvgIpc) is 2.30. The number of piperidine rings is 1. The molecule has 1 N–H and O–H groups in total. The number of hydrogen-bond donors (Lipinski definition) is 1. The second-order valence-corrected chi connectivity index (χ2v) is 6.47. The fourth-order valence-corrected chi connectivity index (χ4v) is 2.56. The Balaban J connectivity index is 0. The Labute approximate surface area is 136 Å². The summed E-state index contributed by atoms with van der Waals surface area (Å²) < 4.78 is 0. The lowest BCUT2D eigenvalue weighted by molar-refractivity contribution is -0.142. The van der Waals surface area contributed by atoms with E-state index in [-0.39, 0.29) is 30.7 Å². The first kappa shape index (κ1) is 22.3. The summed E-state index contributed by atoms with van der Waals surface area (Å²) in [6.45, 7) is 9.99. The summed E-state index contributed by atoms with van der Waals surface area (Å²) in [5.41, 5.74) is 0.477. The van der Waals surface area contributed by atoms with Gasteiger partial charge in [0.15, 0.2) is 0 Å². The van der Waals surface area contributed by atoms with E-state index in [1.807, 2.05) is 0 Å². The molecule has 0 radical (unpaired) electrons. The largest absolute Gasteiger partial charge is 0.481 e. The van der Waals surface area contributed by atoms with Gasteiger partial charge in [-0.05, 0) is 50.7 Å². The Morgan fingerprint density at radius 2 is 1.75 bits per heavy atom. The molecule has 0 bridgehead atoms. The monoisotopic (exact) mass is 327 g/mol. The maximum absolute atomic E-state index is 11.2. The number of likely N-dealkylation sites (tertiary alicyclic amines) is 1. The average molecular weight is 328 g/mol. The normalized spacial score (nSPS) is 19.6. The Morgan fingerprint density at radius 1 is 1.20 bits per heavy atom. The molecule has 3 nitrogen and oxygen atoms in total. The summed E-state index contributed by atoms with van der Waals surface area (Å²) >= 11 is 0. The molecule has 0 aromatic rings. The molecule has 122 valence electrons. The van der Waals surface area contributed by atoms with Crippen molar-refractivity contribution in [3.8, 4) is 0 Å². The second-order valence-electron chi connectivity index (χ2n) is 6.47. The van der Waals surface area contributed by atoms with E-state index in [0.717, 1.165) is 45.3 Å². The van der Waals surface area contributed by atoms with Gasteiger partial charge in [-0.2, -0.15) is 0 Å². The molecule has 0 aliphatic carbocycles. The molecule has 1 heterocycles. The van der Waals surface area contributed by atoms with Crippen LogP contribution >= 0.6 is 24.8 Å². The number of aliphatic carboxylic acids is 1. The van der Waals surface area contributed by atoms with Gasteiger partial charge in [0.25, 0.3) is 0 Å². The molecule has 5 heteroatoms. The Morgan fingerprint density at radius 3 is 2.20 bits per heavy atom. The number of rotatable bonds is 7. The van der Waals surface area contributed by atoms with Crippen molar-refractivity contribution in [1.29, 1.82) is 0 Å². The molecule has 1 aliphatic rings. The summed E-state index contributed by atoms with van der Waals surface area (Å²) in [6.07, 6.45) is 6.24. The predicted molar refractivity (Wildman–Crippen MR) is 89.2 cm³/mol. The molecule has 0 saturated carbocycles. The van der Waals surface area contributed by atoms with E-state index in [4.69, 9.17) is 0 Å². The minimum Gasteiger partial charge on any atom is -0.481 e. The van der Waals surface area contributed by atoms with Crippen LogP contribution in [-0.4, -0.2) is 35.6 Å². The van der Waals surface area contributed by atoms with Crippen molar-refractivity contribution in [2.24, 2.45) is 11.3 Å². The lowest BCUT2D eigenvalue weighted by Gasteiger charge is -2.37. The van der Waals surface area contributed by atoms with E-state index >= 15 is 0 Å². The van der Waals surface area contributed by atoms with Crippen molar-refractivity contribution >= 4 is 30.8 Å². The quantitative estimate of drug-likeness (QED) is 0.760. The van der Waals surface area contributed by atoms with Crippen LogP contribution in [0.1, 0.15) is 59.3 Å². The first-order valence-electron chi connectivity index (χ1n) is 7.40. The molecule has 1 fully saturated rings. The van der Waals surface area contributed by atoms with E-state index in [0.29, 0.717) is 5.41 Å². The lowest BCUT2D eigenvalue weighted by Crippen LogP contribution is -2.38. The molecular formula is C15H31Cl2NO2. The highest BCUT2D eigenvalue weighted by Gasteiger charge is 2.26. The van der Waals surface area contributed by atoms with Crippen LogP contribution < -0.4 is 0 Å². The third-order valence-corrected chi connectivity index (χ3v) is 4.26. The van der Waals surface area contributed by atoms with Gasteiger partial charge in [-0.1, -0.05) is 33.6 Å². The number of carboxylic acid groups (broad SMARTS) is 1. The SMILES string of the molecule is CCCCC(CCN1CCC(C)(C)CC1)C(=O)O.Cl.Cl. The van der Waals surface area contributed by atoms with E-state index < -0.39 is 5.97 Å². The van der Waals surface area contributed by atoms with Crippen molar-refractivity contribution in [1.82, 2.24) is 4.90 Å². The summed E-state index contributed by atoms with van der Waals surface area (Å²) in [6, 6.07) is 0. The highest BCUT2D eigenvalue weighted by Crippen LogP contribution is 2.30. The van der Waals surface area contributed by atoms with Crippen molar-refractivity contribution < 1.29 is 9.90 Å². The number of carbonyl (C=O) groups is 1. The summed E-state index contributed by atoms with van der Waals surface area (Å²) in [5, 5.41) is 9.19. The summed E-state index contributed by atoms with van der Waals surface area (Å²) in [5.74, 6) is -0.749. The van der Waals surface area contributed by atoms with Gasteiger partial charge in [0, 0.05) is 0 Å². The van der Waals surface area contributed by atoms with Gasteiger partial charge in [-0.25, -0.2) is 0 Å². The Kier molecular flexibility index (Phi) is 11.9. The third kappa shape index (κ3) is 8.33. The van der Waals surface area contributed by atoms with Crippen molar-refractivity contribution in [2.45, 2.75) is 59.3 Å². The van der Waals surface area contributed by atoms with Crippen LogP contribution in [0.2, 0.25) is 0 Å². The van der Waals surface area contributed by atoms with Crippen LogP contribution in [0.15, 0.2) is 0 Å². The molecular weight excluding hydrogens is 297 g/mol. The third-order valence-electron chi connectivity index (χ3n) is 4.26. The molecule has 1 aliphatic heterocycles. The molecule has 1 rings (SSSR count). The first-order chi connectivity index (χ1) is 8.44. The Hall–Kier alpha value is 0.01000. The van der Waals surface area contributed by atoms with Crippen LogP contribution in [0, 0.1) is 11.3 Å². The van der Waals surface area contributed by atoms with E-state index in [9.17, 15) is 9.90 Å². The van der Waals surface area contributed by atoms with Gasteiger partial charge in [-0.3, -0.25) is 4.79 Å². The van der Waals surface area contributed by atoms with E-state index in [1.54, 1.807) is 0 Å². The van der Waals surface area contributed by atoms with Gasteiger partial charge in [0.05, 0.1) is 5.92 Å². The van der Waals surface area contributed by atoms with Gasteiger partial charge < -0.3 is 10.0 Å². The first-order valence-corrected chi connectivity index (χ1v) is 7.40. The standard InChI is InChI=1S/C15H29NO2.2ClH/c1-4-5-6-13(14(17)18)7-10-16-11-8-15(2,3)9-12-16;;/h13H,4-12H2,1-3H3,(H,17,18);2*1H. The molecule has 1 atom stereocenters. The van der Waals surface area contributed by atoms with Crippen LogP contribution in [0.4, 0.5) is 0 Å². The zero-order chi connectivity index (χ0) is 13.6. The molecule has 0 aromatic carbocycles. The fraction of sp³-hybridized carbons (Fsp3) is 0.933. The minimum atomic E-state index is -0.610. The number of hydrogen-bond acceptors (Lipinski definition) is 2. The van der Waals surface area contributed by atoms with Crippen LogP contribution in [0.5, 0.6) is 0 Å². The fourth-order valence-electron chi connectivity index (χ4n) is 2.56.